The van der Waals surface area contributed by atoms with Gasteiger partial charge in [0, 0.05) is 38.3 Å². The fourth-order valence-electron chi connectivity index (χ4n) is 8.49. The average Bonchev–Trinajstić information content (AvgIpc) is 3.82. The largest absolute Gasteiger partial charge is 0.456 e. The van der Waals surface area contributed by atoms with Crippen LogP contribution in [0.4, 0.5) is 0 Å². The van der Waals surface area contributed by atoms with E-state index in [-0.39, 0.29) is 5.41 Å². The van der Waals surface area contributed by atoms with Gasteiger partial charge in [0.1, 0.15) is 11.2 Å². The Labute approximate surface area is 305 Å². The van der Waals surface area contributed by atoms with Crippen LogP contribution < -0.4 is 0 Å². The summed E-state index contributed by atoms with van der Waals surface area (Å²) in [5.74, 6) is 1.86. The Hall–Kier alpha value is -6.85. The lowest BCUT2D eigenvalue weighted by Gasteiger charge is -2.21. The molecule has 0 amide bonds. The molecule has 0 fully saturated rings. The number of benzene rings is 7. The summed E-state index contributed by atoms with van der Waals surface area (Å²) in [4.78, 5) is 14.8. The SMILES string of the molecule is CC1(C)c2ccccc2-c2cc3c(cc21)c1ccccc1n3-c1cccc2oc3cc(-c4nc(-c5ccccc5)nc(-c5ccccc5)n4)ccc3c12. The highest BCUT2D eigenvalue weighted by Crippen LogP contribution is 2.51. The maximum absolute atomic E-state index is 6.67. The molecular formula is C48H32N4O. The van der Waals surface area contributed by atoms with Crippen LogP contribution in [0.3, 0.4) is 0 Å². The normalized spacial score (nSPS) is 13.2. The Morgan fingerprint density at radius 1 is 0.453 bits per heavy atom. The van der Waals surface area contributed by atoms with Gasteiger partial charge in [-0.25, -0.2) is 15.0 Å². The van der Waals surface area contributed by atoms with Gasteiger partial charge in [0.2, 0.25) is 0 Å². The number of hydrogen-bond acceptors (Lipinski definition) is 4. The first-order valence-electron chi connectivity index (χ1n) is 18.0. The summed E-state index contributed by atoms with van der Waals surface area (Å²) in [5, 5.41) is 4.61. The molecule has 0 atom stereocenters. The molecule has 0 saturated carbocycles. The molecule has 0 aliphatic heterocycles. The van der Waals surface area contributed by atoms with Crippen molar-refractivity contribution in [1.29, 1.82) is 0 Å². The fraction of sp³-hybridized carbons (Fsp3) is 0.0625. The lowest BCUT2D eigenvalue weighted by Crippen LogP contribution is -2.14. The lowest BCUT2D eigenvalue weighted by atomic mass is 9.82. The van der Waals surface area contributed by atoms with Crippen molar-refractivity contribution >= 4 is 43.7 Å². The molecule has 250 valence electrons. The summed E-state index contributed by atoms with van der Waals surface area (Å²) in [5.41, 5.74) is 13.1. The minimum absolute atomic E-state index is 0.0793. The minimum atomic E-state index is -0.0793. The topological polar surface area (TPSA) is 56.7 Å². The number of rotatable bonds is 4. The summed E-state index contributed by atoms with van der Waals surface area (Å²) in [6, 6.07) is 55.3. The van der Waals surface area contributed by atoms with Crippen molar-refractivity contribution in [2.45, 2.75) is 19.3 Å². The molecule has 0 bridgehead atoms. The van der Waals surface area contributed by atoms with E-state index in [1.807, 2.05) is 60.7 Å². The Balaban J connectivity index is 1.12. The summed E-state index contributed by atoms with van der Waals surface area (Å²) < 4.78 is 9.10. The highest BCUT2D eigenvalue weighted by atomic mass is 16.3. The molecule has 1 aliphatic rings. The molecule has 53 heavy (non-hydrogen) atoms. The molecular weight excluding hydrogens is 649 g/mol. The molecule has 0 saturated heterocycles. The second kappa shape index (κ2) is 11.1. The van der Waals surface area contributed by atoms with Gasteiger partial charge in [0.15, 0.2) is 17.5 Å². The van der Waals surface area contributed by atoms with Crippen LogP contribution in [0, 0.1) is 0 Å². The van der Waals surface area contributed by atoms with E-state index in [2.05, 4.69) is 115 Å². The molecule has 0 N–H and O–H groups in total. The number of fused-ring (bicyclic) bond motifs is 9. The van der Waals surface area contributed by atoms with Gasteiger partial charge in [-0.2, -0.15) is 0 Å². The molecule has 1 aliphatic carbocycles. The third kappa shape index (κ3) is 4.40. The molecule has 5 heteroatoms. The fourth-order valence-corrected chi connectivity index (χ4v) is 8.49. The predicted octanol–water partition coefficient (Wildman–Crippen LogP) is 12.2. The van der Waals surface area contributed by atoms with E-state index >= 15 is 0 Å². The molecule has 11 rings (SSSR count). The summed E-state index contributed by atoms with van der Waals surface area (Å²) >= 11 is 0. The first kappa shape index (κ1) is 29.8. The Morgan fingerprint density at radius 3 is 1.87 bits per heavy atom. The van der Waals surface area contributed by atoms with Gasteiger partial charge in [-0.15, -0.1) is 0 Å². The van der Waals surface area contributed by atoms with Gasteiger partial charge in [-0.3, -0.25) is 0 Å². The van der Waals surface area contributed by atoms with E-state index in [0.717, 1.165) is 44.3 Å². The van der Waals surface area contributed by atoms with Crippen LogP contribution in [0.5, 0.6) is 0 Å². The van der Waals surface area contributed by atoms with Crippen molar-refractivity contribution in [1.82, 2.24) is 19.5 Å². The zero-order chi connectivity index (χ0) is 35.3. The number of hydrogen-bond donors (Lipinski definition) is 0. The smallest absolute Gasteiger partial charge is 0.164 e. The second-order valence-electron chi connectivity index (χ2n) is 14.4. The van der Waals surface area contributed by atoms with Crippen molar-refractivity contribution < 1.29 is 4.42 Å². The second-order valence-corrected chi connectivity index (χ2v) is 14.4. The maximum atomic E-state index is 6.67. The van der Waals surface area contributed by atoms with E-state index in [1.165, 1.54) is 44.1 Å². The van der Waals surface area contributed by atoms with E-state index < -0.39 is 0 Å². The van der Waals surface area contributed by atoms with Crippen molar-refractivity contribution in [3.8, 4) is 51.0 Å². The first-order chi connectivity index (χ1) is 26.0. The number of furan rings is 1. The molecule has 0 spiro atoms. The number of nitrogens with zero attached hydrogens (tertiary/aromatic N) is 4. The molecule has 0 unspecified atom stereocenters. The van der Waals surface area contributed by atoms with Crippen molar-refractivity contribution in [3.63, 3.8) is 0 Å². The number of para-hydroxylation sites is 1. The van der Waals surface area contributed by atoms with Crippen molar-refractivity contribution in [3.05, 3.63) is 169 Å². The standard InChI is InChI=1S/C48H32N4O/c1-48(2)37-20-11-9-18-32(37)35-28-41-36(27-38(35)48)33-19-10-12-21-39(33)52(41)40-22-13-23-42-44(40)34-25-24-31(26-43(34)53-42)47-50-45(29-14-5-3-6-15-29)49-46(51-47)30-16-7-4-8-17-30/h3-28H,1-2H3. The zero-order valence-corrected chi connectivity index (χ0v) is 29.2. The van der Waals surface area contributed by atoms with Crippen LogP contribution in [0.2, 0.25) is 0 Å². The van der Waals surface area contributed by atoms with Crippen LogP contribution in [-0.4, -0.2) is 19.5 Å². The van der Waals surface area contributed by atoms with Gasteiger partial charge in [-0.1, -0.05) is 129 Å². The minimum Gasteiger partial charge on any atom is -0.456 e. The van der Waals surface area contributed by atoms with Gasteiger partial charge >= 0.3 is 0 Å². The number of aromatic nitrogens is 4. The van der Waals surface area contributed by atoms with Crippen LogP contribution in [0.15, 0.2) is 162 Å². The Morgan fingerprint density at radius 2 is 1.11 bits per heavy atom. The van der Waals surface area contributed by atoms with E-state index in [4.69, 9.17) is 19.4 Å². The van der Waals surface area contributed by atoms with Crippen LogP contribution in [-0.2, 0) is 5.41 Å². The van der Waals surface area contributed by atoms with Crippen LogP contribution in [0.1, 0.15) is 25.0 Å². The average molecular weight is 681 g/mol. The summed E-state index contributed by atoms with van der Waals surface area (Å²) in [6.45, 7) is 4.69. The lowest BCUT2D eigenvalue weighted by molar-refractivity contribution is 0.661. The molecule has 0 radical (unpaired) electrons. The van der Waals surface area contributed by atoms with E-state index in [1.54, 1.807) is 0 Å². The maximum Gasteiger partial charge on any atom is 0.164 e. The van der Waals surface area contributed by atoms with Crippen molar-refractivity contribution in [2.24, 2.45) is 0 Å². The molecule has 5 nitrogen and oxygen atoms in total. The van der Waals surface area contributed by atoms with Crippen molar-refractivity contribution in [2.75, 3.05) is 0 Å². The van der Waals surface area contributed by atoms with E-state index in [0.29, 0.717) is 17.5 Å². The first-order valence-corrected chi connectivity index (χ1v) is 18.0. The van der Waals surface area contributed by atoms with E-state index in [9.17, 15) is 0 Å². The van der Waals surface area contributed by atoms with Gasteiger partial charge in [-0.05, 0) is 64.7 Å². The summed E-state index contributed by atoms with van der Waals surface area (Å²) in [6.07, 6.45) is 0. The van der Waals surface area contributed by atoms with Crippen LogP contribution in [0.25, 0.3) is 94.7 Å². The molecule has 10 aromatic rings. The predicted molar refractivity (Wildman–Crippen MR) is 215 cm³/mol. The third-order valence-electron chi connectivity index (χ3n) is 11.0. The molecule has 3 heterocycles. The Bertz CT molecular complexity index is 3020. The Kier molecular flexibility index (Phi) is 6.23. The summed E-state index contributed by atoms with van der Waals surface area (Å²) in [7, 11) is 0. The zero-order valence-electron chi connectivity index (χ0n) is 29.2. The van der Waals surface area contributed by atoms with Gasteiger partial charge < -0.3 is 8.98 Å². The van der Waals surface area contributed by atoms with Gasteiger partial charge in [0.25, 0.3) is 0 Å². The molecule has 3 aromatic heterocycles. The quantitative estimate of drug-likeness (QED) is 0.186. The van der Waals surface area contributed by atoms with Gasteiger partial charge in [0.05, 0.1) is 22.1 Å². The third-order valence-corrected chi connectivity index (χ3v) is 11.0. The monoisotopic (exact) mass is 680 g/mol. The van der Waals surface area contributed by atoms with Crippen LogP contribution >= 0.6 is 0 Å². The highest BCUT2D eigenvalue weighted by molar-refractivity contribution is 6.15. The molecule has 7 aromatic carbocycles. The highest BCUT2D eigenvalue weighted by Gasteiger charge is 2.36.